The van der Waals surface area contributed by atoms with Crippen LogP contribution in [0.15, 0.2) is 6.07 Å². The number of nitrogens with one attached hydrogen (secondary N) is 1. The van der Waals surface area contributed by atoms with E-state index in [1.165, 1.54) is 19.3 Å². The Morgan fingerprint density at radius 2 is 1.86 bits per heavy atom. The summed E-state index contributed by atoms with van der Waals surface area (Å²) < 4.78 is 5.37. The number of anilines is 2. The molecule has 0 aromatic carbocycles. The van der Waals surface area contributed by atoms with E-state index >= 15 is 0 Å². The van der Waals surface area contributed by atoms with Gasteiger partial charge in [0.1, 0.15) is 5.82 Å². The van der Waals surface area contributed by atoms with Gasteiger partial charge in [-0.1, -0.05) is 0 Å². The number of hydrogen-bond donors (Lipinski definition) is 1. The number of morpholine rings is 1. The molecule has 0 spiro atoms. The molecule has 1 aromatic rings. The zero-order valence-electron chi connectivity index (χ0n) is 13.6. The fraction of sp³-hybridized carbons (Fsp3) is 0.750. The second-order valence-corrected chi connectivity index (χ2v) is 6.12. The molecule has 0 aliphatic carbocycles. The maximum Gasteiger partial charge on any atom is 0.227 e. The zero-order valence-corrected chi connectivity index (χ0v) is 13.6. The molecular weight excluding hydrogens is 278 g/mol. The molecular formula is C16H27N5O. The van der Waals surface area contributed by atoms with Crippen molar-refractivity contribution in [3.8, 4) is 0 Å². The molecule has 0 bridgehead atoms. The van der Waals surface area contributed by atoms with E-state index in [9.17, 15) is 0 Å². The third-order valence-corrected chi connectivity index (χ3v) is 4.32. The highest BCUT2D eigenvalue weighted by Crippen LogP contribution is 2.18. The number of aryl methyl sites for hydroxylation is 1. The summed E-state index contributed by atoms with van der Waals surface area (Å²) in [4.78, 5) is 14.0. The normalized spacial score (nSPS) is 20.1. The summed E-state index contributed by atoms with van der Waals surface area (Å²) in [5.41, 5.74) is 1.03. The van der Waals surface area contributed by atoms with Gasteiger partial charge in [-0.2, -0.15) is 4.98 Å². The Labute approximate surface area is 132 Å². The van der Waals surface area contributed by atoms with E-state index in [2.05, 4.69) is 20.1 Å². The average molecular weight is 305 g/mol. The van der Waals surface area contributed by atoms with Crippen LogP contribution in [0.5, 0.6) is 0 Å². The summed E-state index contributed by atoms with van der Waals surface area (Å²) >= 11 is 0. The van der Waals surface area contributed by atoms with Crippen molar-refractivity contribution in [2.24, 2.45) is 0 Å². The van der Waals surface area contributed by atoms with Gasteiger partial charge in [-0.05, 0) is 26.2 Å². The van der Waals surface area contributed by atoms with Crippen LogP contribution >= 0.6 is 0 Å². The minimum Gasteiger partial charge on any atom is -0.379 e. The van der Waals surface area contributed by atoms with Gasteiger partial charge in [0, 0.05) is 51.0 Å². The van der Waals surface area contributed by atoms with Gasteiger partial charge < -0.3 is 15.0 Å². The molecule has 6 nitrogen and oxygen atoms in total. The van der Waals surface area contributed by atoms with Crippen LogP contribution in [0.1, 0.15) is 25.0 Å². The standard InChI is InChI=1S/C16H27N5O/c1-14-13-15(17-5-8-20-9-11-22-12-10-20)19-16(18-14)21-6-3-2-4-7-21/h13H,2-12H2,1H3,(H,17,18,19). The number of nitrogens with zero attached hydrogens (tertiary/aromatic N) is 4. The fourth-order valence-corrected chi connectivity index (χ4v) is 3.05. The summed E-state index contributed by atoms with van der Waals surface area (Å²) in [6, 6.07) is 2.03. The largest absolute Gasteiger partial charge is 0.379 e. The molecule has 6 heteroatoms. The molecule has 3 rings (SSSR count). The number of ether oxygens (including phenoxy) is 1. The highest BCUT2D eigenvalue weighted by atomic mass is 16.5. The Kier molecular flexibility index (Phi) is 5.45. The number of piperidine rings is 1. The van der Waals surface area contributed by atoms with Crippen LogP contribution in [0, 0.1) is 6.92 Å². The Hall–Kier alpha value is -1.40. The zero-order chi connectivity index (χ0) is 15.2. The fourth-order valence-electron chi connectivity index (χ4n) is 3.05. The smallest absolute Gasteiger partial charge is 0.227 e. The molecule has 0 atom stereocenters. The Morgan fingerprint density at radius 3 is 2.64 bits per heavy atom. The van der Waals surface area contributed by atoms with Crippen LogP contribution in [0.25, 0.3) is 0 Å². The van der Waals surface area contributed by atoms with Crippen LogP contribution in [-0.2, 0) is 4.74 Å². The molecule has 3 heterocycles. The second kappa shape index (κ2) is 7.74. The maximum atomic E-state index is 5.37. The average Bonchev–Trinajstić information content (AvgIpc) is 2.56. The van der Waals surface area contributed by atoms with Gasteiger partial charge >= 0.3 is 0 Å². The third-order valence-electron chi connectivity index (χ3n) is 4.32. The van der Waals surface area contributed by atoms with Gasteiger partial charge in [-0.3, -0.25) is 4.90 Å². The first-order valence-corrected chi connectivity index (χ1v) is 8.46. The Morgan fingerprint density at radius 1 is 1.09 bits per heavy atom. The van der Waals surface area contributed by atoms with Crippen molar-refractivity contribution in [3.63, 3.8) is 0 Å². The Bertz CT molecular complexity index is 470. The summed E-state index contributed by atoms with van der Waals surface area (Å²) in [6.45, 7) is 9.92. The van der Waals surface area contributed by atoms with Gasteiger partial charge in [0.15, 0.2) is 0 Å². The molecule has 0 radical (unpaired) electrons. The lowest BCUT2D eigenvalue weighted by atomic mass is 10.1. The SMILES string of the molecule is Cc1cc(NCCN2CCOCC2)nc(N2CCCCC2)n1. The Balaban J connectivity index is 1.54. The topological polar surface area (TPSA) is 53.5 Å². The third kappa shape index (κ3) is 4.30. The van der Waals surface area contributed by atoms with Gasteiger partial charge in [0.05, 0.1) is 13.2 Å². The number of rotatable bonds is 5. The van der Waals surface area contributed by atoms with Crippen LogP contribution in [0.4, 0.5) is 11.8 Å². The quantitative estimate of drug-likeness (QED) is 0.890. The van der Waals surface area contributed by atoms with Gasteiger partial charge in [0.2, 0.25) is 5.95 Å². The van der Waals surface area contributed by atoms with Crippen molar-refractivity contribution in [2.75, 3.05) is 62.7 Å². The molecule has 2 saturated heterocycles. The van der Waals surface area contributed by atoms with E-state index in [4.69, 9.17) is 9.72 Å². The van der Waals surface area contributed by atoms with Gasteiger partial charge in [-0.25, -0.2) is 4.98 Å². The molecule has 122 valence electrons. The predicted octanol–water partition coefficient (Wildman–Crippen LogP) is 1.52. The highest BCUT2D eigenvalue weighted by molar-refractivity contribution is 5.43. The minimum absolute atomic E-state index is 0.853. The van der Waals surface area contributed by atoms with Crippen LogP contribution < -0.4 is 10.2 Å². The highest BCUT2D eigenvalue weighted by Gasteiger charge is 2.15. The van der Waals surface area contributed by atoms with Crippen LogP contribution in [0.2, 0.25) is 0 Å². The lowest BCUT2D eigenvalue weighted by molar-refractivity contribution is 0.0398. The minimum atomic E-state index is 0.853. The lowest BCUT2D eigenvalue weighted by Gasteiger charge is -2.28. The molecule has 2 aliphatic heterocycles. The van der Waals surface area contributed by atoms with Crippen molar-refractivity contribution < 1.29 is 4.74 Å². The summed E-state index contributed by atoms with van der Waals surface area (Å²) in [7, 11) is 0. The first kappa shape index (κ1) is 15.5. The lowest BCUT2D eigenvalue weighted by Crippen LogP contribution is -2.39. The number of hydrogen-bond acceptors (Lipinski definition) is 6. The molecule has 0 amide bonds. The van der Waals surface area contributed by atoms with E-state index < -0.39 is 0 Å². The maximum absolute atomic E-state index is 5.37. The summed E-state index contributed by atoms with van der Waals surface area (Å²) in [6.07, 6.45) is 3.82. The van der Waals surface area contributed by atoms with Crippen LogP contribution in [-0.4, -0.2) is 67.4 Å². The van der Waals surface area contributed by atoms with Crippen molar-refractivity contribution in [1.82, 2.24) is 14.9 Å². The van der Waals surface area contributed by atoms with E-state index in [1.807, 2.05) is 13.0 Å². The molecule has 2 aliphatic rings. The first-order chi connectivity index (χ1) is 10.8. The molecule has 0 unspecified atom stereocenters. The number of aromatic nitrogens is 2. The molecule has 22 heavy (non-hydrogen) atoms. The van der Waals surface area contributed by atoms with Gasteiger partial charge in [-0.15, -0.1) is 0 Å². The molecule has 1 N–H and O–H groups in total. The predicted molar refractivity (Wildman–Crippen MR) is 88.6 cm³/mol. The molecule has 1 aromatic heterocycles. The monoisotopic (exact) mass is 305 g/mol. The molecule has 2 fully saturated rings. The van der Waals surface area contributed by atoms with Gasteiger partial charge in [0.25, 0.3) is 0 Å². The second-order valence-electron chi connectivity index (χ2n) is 6.12. The summed E-state index contributed by atoms with van der Waals surface area (Å²) in [5, 5.41) is 3.45. The van der Waals surface area contributed by atoms with Crippen molar-refractivity contribution >= 4 is 11.8 Å². The van der Waals surface area contributed by atoms with Crippen LogP contribution in [0.3, 0.4) is 0 Å². The van der Waals surface area contributed by atoms with E-state index in [0.717, 1.165) is 69.9 Å². The first-order valence-electron chi connectivity index (χ1n) is 8.46. The van der Waals surface area contributed by atoms with Crippen molar-refractivity contribution in [1.29, 1.82) is 0 Å². The molecule has 0 saturated carbocycles. The van der Waals surface area contributed by atoms with Crippen molar-refractivity contribution in [2.45, 2.75) is 26.2 Å². The summed E-state index contributed by atoms with van der Waals surface area (Å²) in [5.74, 6) is 1.83. The van der Waals surface area contributed by atoms with Crippen molar-refractivity contribution in [3.05, 3.63) is 11.8 Å². The van der Waals surface area contributed by atoms with E-state index in [0.29, 0.717) is 0 Å². The van der Waals surface area contributed by atoms with E-state index in [-0.39, 0.29) is 0 Å². The van der Waals surface area contributed by atoms with E-state index in [1.54, 1.807) is 0 Å².